The molecule has 0 saturated heterocycles. The first kappa shape index (κ1) is 20.2. The molecule has 0 aliphatic rings. The average molecular weight is 372 g/mol. The van der Waals surface area contributed by atoms with Gasteiger partial charge in [-0.25, -0.2) is 9.18 Å². The minimum atomic E-state index is -1.34. The summed E-state index contributed by atoms with van der Waals surface area (Å²) in [4.78, 5) is 24.2. The Morgan fingerprint density at radius 1 is 1.19 bits per heavy atom. The van der Waals surface area contributed by atoms with E-state index in [1.165, 1.54) is 25.3 Å². The lowest BCUT2D eigenvalue weighted by molar-refractivity contribution is 0.0692. The second-order valence-corrected chi connectivity index (χ2v) is 6.34. The Morgan fingerprint density at radius 3 is 2.33 bits per heavy atom. The lowest BCUT2D eigenvalue weighted by Crippen LogP contribution is -2.11. The van der Waals surface area contributed by atoms with E-state index in [0.29, 0.717) is 17.7 Å². The van der Waals surface area contributed by atoms with Crippen LogP contribution in [0.4, 0.5) is 4.39 Å². The smallest absolute Gasteiger partial charge is 0.339 e. The summed E-state index contributed by atoms with van der Waals surface area (Å²) in [7, 11) is 1.41. The first-order valence-electron chi connectivity index (χ1n) is 8.31. The van der Waals surface area contributed by atoms with Gasteiger partial charge in [0.1, 0.15) is 22.9 Å². The minimum absolute atomic E-state index is 0.132. The molecule has 0 unspecified atom stereocenters. The third-order valence-electron chi connectivity index (χ3n) is 4.11. The normalized spacial score (nSPS) is 10.4. The molecule has 6 heteroatoms. The summed E-state index contributed by atoms with van der Waals surface area (Å²) in [5.41, 5.74) is 1.40. The monoisotopic (exact) mass is 372 g/mol. The Hall–Kier alpha value is -3.15. The zero-order chi connectivity index (χ0) is 20.1. The number of carbonyl (C=O) groups excluding carboxylic acids is 1. The molecule has 0 bridgehead atoms. The van der Waals surface area contributed by atoms with Crippen LogP contribution < -0.4 is 4.74 Å². The number of benzene rings is 2. The van der Waals surface area contributed by atoms with E-state index in [2.05, 4.69) is 0 Å². The third-order valence-corrected chi connectivity index (χ3v) is 4.11. The molecular weight excluding hydrogens is 351 g/mol. The van der Waals surface area contributed by atoms with Crippen molar-refractivity contribution in [3.8, 4) is 11.5 Å². The fourth-order valence-corrected chi connectivity index (χ4v) is 2.71. The van der Waals surface area contributed by atoms with Gasteiger partial charge in [0.05, 0.1) is 7.11 Å². The summed E-state index contributed by atoms with van der Waals surface area (Å²) < 4.78 is 18.3. The number of Topliss-reactive ketones (excluding diaryl/α,β-unsaturated/α-hetero) is 1. The Kier molecular flexibility index (Phi) is 6.34. The number of hydrogen-bond donors (Lipinski definition) is 2. The Morgan fingerprint density at radius 2 is 1.81 bits per heavy atom. The van der Waals surface area contributed by atoms with Crippen LogP contribution in [0.2, 0.25) is 0 Å². The maximum atomic E-state index is 13.0. The van der Waals surface area contributed by atoms with Crippen LogP contribution in [0, 0.1) is 5.82 Å². The van der Waals surface area contributed by atoms with E-state index in [4.69, 9.17) is 4.74 Å². The standard InChI is InChI=1S/C21H21FO5/c1-12(2)4-9-16-18(27-3)11-14(19(20(16)24)21(25)26)10-17(23)13-5-7-15(22)8-6-13/h4-8,11,24H,9-10H2,1-3H3,(H,25,26). The van der Waals surface area contributed by atoms with Gasteiger partial charge in [-0.05, 0) is 56.2 Å². The van der Waals surface area contributed by atoms with E-state index < -0.39 is 23.3 Å². The highest BCUT2D eigenvalue weighted by Gasteiger charge is 2.24. The van der Waals surface area contributed by atoms with Gasteiger partial charge in [0.25, 0.3) is 0 Å². The van der Waals surface area contributed by atoms with E-state index in [1.807, 2.05) is 19.9 Å². The van der Waals surface area contributed by atoms with Crippen LogP contribution in [0.1, 0.15) is 45.7 Å². The van der Waals surface area contributed by atoms with Crippen molar-refractivity contribution in [2.45, 2.75) is 26.7 Å². The first-order valence-corrected chi connectivity index (χ1v) is 8.31. The number of aromatic hydroxyl groups is 1. The second kappa shape index (κ2) is 8.49. The molecule has 2 rings (SSSR count). The number of hydrogen-bond acceptors (Lipinski definition) is 4. The number of methoxy groups -OCH3 is 1. The maximum Gasteiger partial charge on any atom is 0.339 e. The zero-order valence-corrected chi connectivity index (χ0v) is 15.4. The number of carboxylic acid groups (broad SMARTS) is 1. The van der Waals surface area contributed by atoms with Gasteiger partial charge in [-0.3, -0.25) is 4.79 Å². The van der Waals surface area contributed by atoms with Gasteiger partial charge in [0.15, 0.2) is 5.78 Å². The highest BCUT2D eigenvalue weighted by atomic mass is 19.1. The summed E-state index contributed by atoms with van der Waals surface area (Å²) in [6, 6.07) is 6.44. The van der Waals surface area contributed by atoms with Crippen LogP contribution in [0.5, 0.6) is 11.5 Å². The highest BCUT2D eigenvalue weighted by Crippen LogP contribution is 2.36. The first-order chi connectivity index (χ1) is 12.7. The van der Waals surface area contributed by atoms with Gasteiger partial charge < -0.3 is 14.9 Å². The van der Waals surface area contributed by atoms with Crippen molar-refractivity contribution in [1.82, 2.24) is 0 Å². The van der Waals surface area contributed by atoms with Gasteiger partial charge in [0.2, 0.25) is 0 Å². The number of halogens is 1. The van der Waals surface area contributed by atoms with E-state index in [-0.39, 0.29) is 23.1 Å². The van der Waals surface area contributed by atoms with Crippen molar-refractivity contribution < 1.29 is 28.9 Å². The molecule has 2 aromatic rings. The van der Waals surface area contributed by atoms with Gasteiger partial charge >= 0.3 is 5.97 Å². The summed E-state index contributed by atoms with van der Waals surface area (Å²) in [6.07, 6.45) is 1.87. The molecule has 0 amide bonds. The van der Waals surface area contributed by atoms with E-state index >= 15 is 0 Å². The fraction of sp³-hybridized carbons (Fsp3) is 0.238. The van der Waals surface area contributed by atoms with Crippen LogP contribution in [-0.4, -0.2) is 29.1 Å². The van der Waals surface area contributed by atoms with Gasteiger partial charge in [-0.1, -0.05) is 11.6 Å². The lowest BCUT2D eigenvalue weighted by Gasteiger charge is -2.15. The van der Waals surface area contributed by atoms with E-state index in [9.17, 15) is 24.2 Å². The van der Waals surface area contributed by atoms with E-state index in [0.717, 1.165) is 17.7 Å². The molecular formula is C21H21FO5. The predicted octanol–water partition coefficient (Wildman–Crippen LogP) is 4.17. The minimum Gasteiger partial charge on any atom is -0.507 e. The Bertz CT molecular complexity index is 894. The summed E-state index contributed by atoms with van der Waals surface area (Å²) in [5, 5.41) is 20.1. The van der Waals surface area contributed by atoms with Crippen molar-refractivity contribution in [2.24, 2.45) is 0 Å². The molecule has 0 spiro atoms. The molecule has 142 valence electrons. The molecule has 0 atom stereocenters. The number of allylic oxidation sites excluding steroid dienone is 2. The van der Waals surface area contributed by atoms with Crippen molar-refractivity contribution in [1.29, 1.82) is 0 Å². The van der Waals surface area contributed by atoms with Gasteiger partial charge in [0, 0.05) is 17.5 Å². The number of ether oxygens (including phenoxy) is 1. The lowest BCUT2D eigenvalue weighted by atomic mass is 9.94. The number of aromatic carboxylic acids is 1. The number of rotatable bonds is 7. The van der Waals surface area contributed by atoms with Crippen LogP contribution in [0.25, 0.3) is 0 Å². The molecule has 0 radical (unpaired) electrons. The molecule has 0 aliphatic carbocycles. The molecule has 27 heavy (non-hydrogen) atoms. The largest absolute Gasteiger partial charge is 0.507 e. The van der Waals surface area contributed by atoms with Crippen molar-refractivity contribution in [3.05, 3.63) is 70.1 Å². The second-order valence-electron chi connectivity index (χ2n) is 6.34. The number of carboxylic acids is 1. The van der Waals surface area contributed by atoms with Crippen LogP contribution in [0.15, 0.2) is 42.0 Å². The van der Waals surface area contributed by atoms with Crippen LogP contribution in [-0.2, 0) is 12.8 Å². The molecule has 2 N–H and O–H groups in total. The Balaban J connectivity index is 2.50. The van der Waals surface area contributed by atoms with Gasteiger partial charge in [-0.15, -0.1) is 0 Å². The van der Waals surface area contributed by atoms with Crippen molar-refractivity contribution >= 4 is 11.8 Å². The Labute approximate surface area is 156 Å². The molecule has 0 aromatic heterocycles. The topological polar surface area (TPSA) is 83.8 Å². The fourth-order valence-electron chi connectivity index (χ4n) is 2.71. The number of carbonyl (C=O) groups is 2. The third kappa shape index (κ3) is 4.73. The van der Waals surface area contributed by atoms with E-state index in [1.54, 1.807) is 0 Å². The molecule has 0 saturated carbocycles. The molecule has 2 aromatic carbocycles. The van der Waals surface area contributed by atoms with Crippen LogP contribution in [0.3, 0.4) is 0 Å². The molecule has 0 heterocycles. The van der Waals surface area contributed by atoms with Crippen molar-refractivity contribution in [3.63, 3.8) is 0 Å². The highest BCUT2D eigenvalue weighted by molar-refractivity contribution is 6.01. The molecule has 0 aliphatic heterocycles. The van der Waals surface area contributed by atoms with Gasteiger partial charge in [-0.2, -0.15) is 0 Å². The van der Waals surface area contributed by atoms with Crippen molar-refractivity contribution in [2.75, 3.05) is 7.11 Å². The summed E-state index contributed by atoms with van der Waals surface area (Å²) in [5.74, 6) is -2.31. The predicted molar refractivity (Wildman–Crippen MR) is 99.2 cm³/mol. The summed E-state index contributed by atoms with van der Waals surface area (Å²) in [6.45, 7) is 3.77. The number of ketones is 1. The number of phenols is 1. The van der Waals surface area contributed by atoms with Crippen LogP contribution >= 0.6 is 0 Å². The SMILES string of the molecule is COc1cc(CC(=O)c2ccc(F)cc2)c(C(=O)O)c(O)c1CC=C(C)C. The molecule has 5 nitrogen and oxygen atoms in total. The molecule has 0 fully saturated rings. The average Bonchev–Trinajstić information content (AvgIpc) is 2.60. The zero-order valence-electron chi connectivity index (χ0n) is 15.4. The summed E-state index contributed by atoms with van der Waals surface area (Å²) >= 11 is 0. The maximum absolute atomic E-state index is 13.0. The quantitative estimate of drug-likeness (QED) is 0.563.